The SMILES string of the molecule is O=C(CCCCNC(=O)OCC1c2ccccc2-c2ccccc21)NC1CCCCCC1C(=O)O. The molecule has 2 aliphatic carbocycles. The summed E-state index contributed by atoms with van der Waals surface area (Å²) < 4.78 is 5.53. The molecule has 0 heterocycles. The van der Waals surface area contributed by atoms with Gasteiger partial charge in [0.2, 0.25) is 5.91 Å². The first-order valence-electron chi connectivity index (χ1n) is 12.7. The maximum atomic E-state index is 12.3. The average Bonchev–Trinajstić information content (AvgIpc) is 2.98. The van der Waals surface area contributed by atoms with Crippen molar-refractivity contribution >= 4 is 18.0 Å². The highest BCUT2D eigenvalue weighted by molar-refractivity contribution is 5.79. The van der Waals surface area contributed by atoms with Crippen molar-refractivity contribution in [3.63, 3.8) is 0 Å². The minimum Gasteiger partial charge on any atom is -0.481 e. The zero-order valence-electron chi connectivity index (χ0n) is 20.0. The van der Waals surface area contributed by atoms with Gasteiger partial charge in [0.1, 0.15) is 6.61 Å². The molecule has 2 aromatic rings. The van der Waals surface area contributed by atoms with Gasteiger partial charge in [0.25, 0.3) is 0 Å². The van der Waals surface area contributed by atoms with Crippen LogP contribution < -0.4 is 10.6 Å². The molecule has 2 unspecified atom stereocenters. The highest BCUT2D eigenvalue weighted by Gasteiger charge is 2.31. The standard InChI is InChI=1S/C28H34N2O5/c31-26(30-25-15-3-1-2-14-23(25)27(32)33)16-8-9-17-29-28(34)35-18-24-21-12-6-4-10-19(21)20-11-5-7-13-22(20)24/h4-7,10-13,23-25H,1-3,8-9,14-18H2,(H,29,34)(H,30,31)(H,32,33). The van der Waals surface area contributed by atoms with Crippen molar-refractivity contribution in [3.8, 4) is 11.1 Å². The highest BCUT2D eigenvalue weighted by atomic mass is 16.5. The van der Waals surface area contributed by atoms with E-state index in [1.807, 2.05) is 24.3 Å². The summed E-state index contributed by atoms with van der Waals surface area (Å²) in [5.74, 6) is -1.43. The Morgan fingerprint density at radius 3 is 2.23 bits per heavy atom. The number of hydrogen-bond acceptors (Lipinski definition) is 4. The minimum absolute atomic E-state index is 0.0236. The third kappa shape index (κ3) is 6.21. The summed E-state index contributed by atoms with van der Waals surface area (Å²) in [4.78, 5) is 36.1. The number of amides is 2. The Hall–Kier alpha value is -3.35. The quantitative estimate of drug-likeness (QED) is 0.353. The number of unbranched alkanes of at least 4 members (excludes halogenated alkanes) is 1. The second kappa shape index (κ2) is 11.9. The molecule has 1 fully saturated rings. The first kappa shape index (κ1) is 24.8. The van der Waals surface area contributed by atoms with Gasteiger partial charge in [0, 0.05) is 24.9 Å². The number of fused-ring (bicyclic) bond motifs is 3. The highest BCUT2D eigenvalue weighted by Crippen LogP contribution is 2.44. The lowest BCUT2D eigenvalue weighted by atomic mass is 9.94. The molecule has 1 saturated carbocycles. The van der Waals surface area contributed by atoms with Gasteiger partial charge in [-0.3, -0.25) is 9.59 Å². The van der Waals surface area contributed by atoms with Crippen LogP contribution in [0, 0.1) is 5.92 Å². The number of carbonyl (C=O) groups excluding carboxylic acids is 2. The van der Waals surface area contributed by atoms with Gasteiger partial charge in [-0.2, -0.15) is 0 Å². The normalized spacial score (nSPS) is 19.2. The lowest BCUT2D eigenvalue weighted by Gasteiger charge is -2.22. The van der Waals surface area contributed by atoms with Crippen molar-refractivity contribution in [3.05, 3.63) is 59.7 Å². The Labute approximate surface area is 206 Å². The molecule has 2 amide bonds. The first-order valence-corrected chi connectivity index (χ1v) is 12.7. The van der Waals surface area contributed by atoms with E-state index in [1.165, 1.54) is 22.3 Å². The van der Waals surface area contributed by atoms with Crippen molar-refractivity contribution in [1.29, 1.82) is 0 Å². The van der Waals surface area contributed by atoms with Gasteiger partial charge in [-0.1, -0.05) is 67.8 Å². The number of ether oxygens (including phenoxy) is 1. The molecule has 0 spiro atoms. The summed E-state index contributed by atoms with van der Waals surface area (Å²) in [7, 11) is 0. The summed E-state index contributed by atoms with van der Waals surface area (Å²) in [5.41, 5.74) is 4.72. The molecule has 7 nitrogen and oxygen atoms in total. The molecular weight excluding hydrogens is 444 g/mol. The molecule has 0 radical (unpaired) electrons. The molecule has 186 valence electrons. The van der Waals surface area contributed by atoms with Crippen molar-refractivity contribution in [2.45, 2.75) is 63.3 Å². The topological polar surface area (TPSA) is 105 Å². The van der Waals surface area contributed by atoms with Gasteiger partial charge in [-0.05, 0) is 47.9 Å². The van der Waals surface area contributed by atoms with Crippen LogP contribution in [0.3, 0.4) is 0 Å². The molecule has 0 aromatic heterocycles. The van der Waals surface area contributed by atoms with Crippen LogP contribution in [0.1, 0.15) is 68.4 Å². The molecule has 0 aliphatic heterocycles. The molecule has 35 heavy (non-hydrogen) atoms. The lowest BCUT2D eigenvalue weighted by molar-refractivity contribution is -0.143. The number of carboxylic acids is 1. The second-order valence-corrected chi connectivity index (χ2v) is 9.47. The molecule has 0 saturated heterocycles. The van der Waals surface area contributed by atoms with Crippen molar-refractivity contribution < 1.29 is 24.2 Å². The molecule has 7 heteroatoms. The van der Waals surface area contributed by atoms with E-state index in [0.717, 1.165) is 19.3 Å². The number of carboxylic acid groups (broad SMARTS) is 1. The van der Waals surface area contributed by atoms with Crippen LogP contribution in [0.4, 0.5) is 4.79 Å². The van der Waals surface area contributed by atoms with Gasteiger partial charge < -0.3 is 20.5 Å². The van der Waals surface area contributed by atoms with Crippen LogP contribution in [-0.2, 0) is 14.3 Å². The van der Waals surface area contributed by atoms with Gasteiger partial charge in [-0.15, -0.1) is 0 Å². The first-order chi connectivity index (χ1) is 17.0. The molecule has 2 aliphatic rings. The fourth-order valence-electron chi connectivity index (χ4n) is 5.31. The van der Waals surface area contributed by atoms with Crippen LogP contribution in [-0.4, -0.2) is 42.3 Å². The molecule has 0 bridgehead atoms. The predicted octanol–water partition coefficient (Wildman–Crippen LogP) is 4.85. The van der Waals surface area contributed by atoms with Crippen LogP contribution >= 0.6 is 0 Å². The van der Waals surface area contributed by atoms with E-state index in [2.05, 4.69) is 34.9 Å². The zero-order valence-corrected chi connectivity index (χ0v) is 20.0. The molecule has 3 N–H and O–H groups in total. The summed E-state index contributed by atoms with van der Waals surface area (Å²) in [5, 5.41) is 15.1. The van der Waals surface area contributed by atoms with E-state index in [1.54, 1.807) is 0 Å². The smallest absolute Gasteiger partial charge is 0.407 e. The zero-order chi connectivity index (χ0) is 24.6. The number of aliphatic carboxylic acids is 1. The van der Waals surface area contributed by atoms with E-state index in [9.17, 15) is 19.5 Å². The number of alkyl carbamates (subject to hydrolysis) is 1. The molecule has 2 atom stereocenters. The fourth-order valence-corrected chi connectivity index (χ4v) is 5.31. The minimum atomic E-state index is -0.829. The number of nitrogens with one attached hydrogen (secondary N) is 2. The third-order valence-corrected chi connectivity index (χ3v) is 7.12. The summed E-state index contributed by atoms with van der Waals surface area (Å²) >= 11 is 0. The Balaban J connectivity index is 1.16. The molecular formula is C28H34N2O5. The average molecular weight is 479 g/mol. The third-order valence-electron chi connectivity index (χ3n) is 7.12. The maximum absolute atomic E-state index is 12.3. The number of carbonyl (C=O) groups is 3. The largest absolute Gasteiger partial charge is 0.481 e. The van der Waals surface area contributed by atoms with Gasteiger partial charge >= 0.3 is 12.1 Å². The number of hydrogen-bond donors (Lipinski definition) is 3. The molecule has 4 rings (SSSR count). The lowest BCUT2D eigenvalue weighted by Crippen LogP contribution is -2.42. The number of benzene rings is 2. The van der Waals surface area contributed by atoms with Gasteiger partial charge in [-0.25, -0.2) is 4.79 Å². The van der Waals surface area contributed by atoms with Gasteiger partial charge in [0.15, 0.2) is 0 Å². The van der Waals surface area contributed by atoms with Crippen molar-refractivity contribution in [2.75, 3.05) is 13.2 Å². The monoisotopic (exact) mass is 478 g/mol. The van der Waals surface area contributed by atoms with Crippen LogP contribution in [0.5, 0.6) is 0 Å². The van der Waals surface area contributed by atoms with E-state index in [-0.39, 0.29) is 24.5 Å². The van der Waals surface area contributed by atoms with Crippen molar-refractivity contribution in [1.82, 2.24) is 10.6 Å². The Kier molecular flexibility index (Phi) is 8.40. The van der Waals surface area contributed by atoms with Crippen LogP contribution in [0.25, 0.3) is 11.1 Å². The van der Waals surface area contributed by atoms with E-state index in [4.69, 9.17) is 4.74 Å². The van der Waals surface area contributed by atoms with E-state index >= 15 is 0 Å². The second-order valence-electron chi connectivity index (χ2n) is 9.47. The molecule has 2 aromatic carbocycles. The van der Waals surface area contributed by atoms with Crippen LogP contribution in [0.2, 0.25) is 0 Å². The number of rotatable bonds is 9. The Morgan fingerprint density at radius 1 is 0.886 bits per heavy atom. The summed E-state index contributed by atoms with van der Waals surface area (Å²) in [6.07, 6.45) is 5.29. The Bertz CT molecular complexity index is 1010. The summed E-state index contributed by atoms with van der Waals surface area (Å²) in [6, 6.07) is 16.1. The summed E-state index contributed by atoms with van der Waals surface area (Å²) in [6.45, 7) is 0.694. The van der Waals surface area contributed by atoms with E-state index in [0.29, 0.717) is 38.6 Å². The van der Waals surface area contributed by atoms with Crippen LogP contribution in [0.15, 0.2) is 48.5 Å². The fraction of sp³-hybridized carbons (Fsp3) is 0.464. The van der Waals surface area contributed by atoms with E-state index < -0.39 is 18.0 Å². The Morgan fingerprint density at radius 2 is 1.54 bits per heavy atom. The predicted molar refractivity (Wildman–Crippen MR) is 133 cm³/mol. The van der Waals surface area contributed by atoms with Gasteiger partial charge in [0.05, 0.1) is 5.92 Å². The van der Waals surface area contributed by atoms with Crippen molar-refractivity contribution in [2.24, 2.45) is 5.92 Å². The maximum Gasteiger partial charge on any atom is 0.407 e.